The van der Waals surface area contributed by atoms with Crippen LogP contribution in [0, 0.1) is 5.92 Å². The van der Waals surface area contributed by atoms with Gasteiger partial charge in [0.25, 0.3) is 0 Å². The number of hydrogen-bond acceptors (Lipinski definition) is 4. The summed E-state index contributed by atoms with van der Waals surface area (Å²) in [6, 6.07) is 3.77. The van der Waals surface area contributed by atoms with E-state index in [4.69, 9.17) is 4.74 Å². The lowest BCUT2D eigenvalue weighted by atomic mass is 10.1. The molecule has 1 unspecified atom stereocenters. The maximum Gasteiger partial charge on any atom is 0.342 e. The molecule has 1 aromatic rings. The fourth-order valence-corrected chi connectivity index (χ4v) is 1.56. The summed E-state index contributed by atoms with van der Waals surface area (Å²) < 4.78 is 5.07. The normalized spacial score (nSPS) is 12.1. The van der Waals surface area contributed by atoms with E-state index in [0.29, 0.717) is 12.5 Å². The average Bonchev–Trinajstić information content (AvgIpc) is 2.29. The highest BCUT2D eigenvalue weighted by Gasteiger charge is 2.14. The van der Waals surface area contributed by atoms with Crippen LogP contribution in [-0.4, -0.2) is 22.8 Å². The minimum absolute atomic E-state index is 0.00583. The lowest BCUT2D eigenvalue weighted by molar-refractivity contribution is 0.0440. The first-order chi connectivity index (χ1) is 8.04. The second-order valence-electron chi connectivity index (χ2n) is 4.19. The lowest BCUT2D eigenvalue weighted by Crippen LogP contribution is -2.12. The van der Waals surface area contributed by atoms with Crippen LogP contribution in [0.4, 0.5) is 0 Å². The Morgan fingerprint density at radius 2 is 2.12 bits per heavy atom. The number of phenols is 2. The molecule has 0 fully saturated rings. The zero-order valence-electron chi connectivity index (χ0n) is 10.1. The van der Waals surface area contributed by atoms with Gasteiger partial charge < -0.3 is 14.9 Å². The molecule has 94 valence electrons. The van der Waals surface area contributed by atoms with Crippen molar-refractivity contribution in [3.8, 4) is 11.5 Å². The molecule has 4 heteroatoms. The molecule has 0 aliphatic heterocycles. The predicted octanol–water partition coefficient (Wildman–Crippen LogP) is 2.69. The Balaban J connectivity index is 2.61. The van der Waals surface area contributed by atoms with Crippen LogP contribution in [0.1, 0.15) is 37.0 Å². The third-order valence-corrected chi connectivity index (χ3v) is 2.48. The Kier molecular flexibility index (Phi) is 4.82. The minimum Gasteiger partial charge on any atom is -0.508 e. The fourth-order valence-electron chi connectivity index (χ4n) is 1.56. The lowest BCUT2D eigenvalue weighted by Gasteiger charge is -2.11. The van der Waals surface area contributed by atoms with E-state index in [-0.39, 0.29) is 17.1 Å². The summed E-state index contributed by atoms with van der Waals surface area (Å²) in [5, 5.41) is 18.7. The van der Waals surface area contributed by atoms with E-state index in [1.54, 1.807) is 0 Å². The highest BCUT2D eigenvalue weighted by atomic mass is 16.5. The Bertz CT molecular complexity index is 387. The molecule has 17 heavy (non-hydrogen) atoms. The molecule has 0 amide bonds. The predicted molar refractivity (Wildman–Crippen MR) is 64.1 cm³/mol. The number of carbonyl (C=O) groups excluding carboxylic acids is 1. The van der Waals surface area contributed by atoms with Crippen LogP contribution in [0.3, 0.4) is 0 Å². The van der Waals surface area contributed by atoms with Crippen LogP contribution in [-0.2, 0) is 4.74 Å². The van der Waals surface area contributed by atoms with Crippen molar-refractivity contribution in [1.29, 1.82) is 0 Å². The first-order valence-electron chi connectivity index (χ1n) is 5.73. The largest absolute Gasteiger partial charge is 0.508 e. The van der Waals surface area contributed by atoms with Crippen LogP contribution in [0.25, 0.3) is 0 Å². The van der Waals surface area contributed by atoms with Gasteiger partial charge in [0.15, 0.2) is 0 Å². The monoisotopic (exact) mass is 238 g/mol. The molecule has 0 aliphatic carbocycles. The van der Waals surface area contributed by atoms with E-state index in [1.165, 1.54) is 18.2 Å². The minimum atomic E-state index is -0.610. The fraction of sp³-hybridized carbons (Fsp3) is 0.462. The quantitative estimate of drug-likeness (QED) is 0.611. The Morgan fingerprint density at radius 1 is 1.41 bits per heavy atom. The van der Waals surface area contributed by atoms with Gasteiger partial charge in [0, 0.05) is 0 Å². The highest BCUT2D eigenvalue weighted by Crippen LogP contribution is 2.23. The number of phenolic OH excluding ortho intramolecular Hbond substituents is 2. The standard InChI is InChI=1S/C13H18O4/c1-3-4-9(2)8-17-13(16)11-7-10(14)5-6-12(11)15/h5-7,9,14-15H,3-4,8H2,1-2H3. The van der Waals surface area contributed by atoms with Gasteiger partial charge >= 0.3 is 5.97 Å². The maximum atomic E-state index is 11.6. The van der Waals surface area contributed by atoms with E-state index >= 15 is 0 Å². The van der Waals surface area contributed by atoms with E-state index < -0.39 is 5.97 Å². The second kappa shape index (κ2) is 6.13. The van der Waals surface area contributed by atoms with Crippen molar-refractivity contribution in [2.24, 2.45) is 5.92 Å². The van der Waals surface area contributed by atoms with E-state index in [2.05, 4.69) is 6.92 Å². The third-order valence-electron chi connectivity index (χ3n) is 2.48. The Morgan fingerprint density at radius 3 is 2.76 bits per heavy atom. The molecular weight excluding hydrogens is 220 g/mol. The summed E-state index contributed by atoms with van der Waals surface area (Å²) in [4.78, 5) is 11.6. The molecule has 0 heterocycles. The molecule has 1 aromatic carbocycles. The number of hydrogen-bond donors (Lipinski definition) is 2. The molecule has 0 aromatic heterocycles. The van der Waals surface area contributed by atoms with Crippen molar-refractivity contribution in [2.45, 2.75) is 26.7 Å². The summed E-state index contributed by atoms with van der Waals surface area (Å²) in [7, 11) is 0. The van der Waals surface area contributed by atoms with Gasteiger partial charge in [-0.25, -0.2) is 4.79 Å². The van der Waals surface area contributed by atoms with Gasteiger partial charge in [-0.15, -0.1) is 0 Å². The van der Waals surface area contributed by atoms with Crippen LogP contribution < -0.4 is 0 Å². The van der Waals surface area contributed by atoms with Crippen molar-refractivity contribution in [2.75, 3.05) is 6.61 Å². The first-order valence-corrected chi connectivity index (χ1v) is 5.73. The van der Waals surface area contributed by atoms with Gasteiger partial charge in [0.1, 0.15) is 17.1 Å². The topological polar surface area (TPSA) is 66.8 Å². The van der Waals surface area contributed by atoms with Crippen molar-refractivity contribution in [3.05, 3.63) is 23.8 Å². The highest BCUT2D eigenvalue weighted by molar-refractivity contribution is 5.92. The van der Waals surface area contributed by atoms with Gasteiger partial charge in [0.2, 0.25) is 0 Å². The molecule has 0 saturated heterocycles. The van der Waals surface area contributed by atoms with E-state index in [0.717, 1.165) is 12.8 Å². The van der Waals surface area contributed by atoms with Crippen LogP contribution in [0.15, 0.2) is 18.2 Å². The number of ether oxygens (including phenoxy) is 1. The average molecular weight is 238 g/mol. The SMILES string of the molecule is CCCC(C)COC(=O)c1cc(O)ccc1O. The van der Waals surface area contributed by atoms with Crippen molar-refractivity contribution >= 4 is 5.97 Å². The molecule has 0 bridgehead atoms. The molecule has 0 aliphatic rings. The molecule has 2 N–H and O–H groups in total. The summed E-state index contributed by atoms with van der Waals surface area (Å²) in [5.41, 5.74) is -0.00583. The summed E-state index contributed by atoms with van der Waals surface area (Å²) in [6.07, 6.45) is 2.02. The van der Waals surface area contributed by atoms with Gasteiger partial charge in [0.05, 0.1) is 6.61 Å². The smallest absolute Gasteiger partial charge is 0.342 e. The Hall–Kier alpha value is -1.71. The second-order valence-corrected chi connectivity index (χ2v) is 4.19. The summed E-state index contributed by atoms with van der Waals surface area (Å²) in [6.45, 7) is 4.39. The molecule has 0 radical (unpaired) electrons. The maximum absolute atomic E-state index is 11.6. The van der Waals surface area contributed by atoms with Crippen LogP contribution in [0.5, 0.6) is 11.5 Å². The number of carbonyl (C=O) groups is 1. The zero-order valence-corrected chi connectivity index (χ0v) is 10.1. The first kappa shape index (κ1) is 13.4. The summed E-state index contributed by atoms with van der Waals surface area (Å²) >= 11 is 0. The van der Waals surface area contributed by atoms with Gasteiger partial charge in [-0.1, -0.05) is 20.3 Å². The van der Waals surface area contributed by atoms with Crippen LogP contribution >= 0.6 is 0 Å². The molecule has 0 saturated carbocycles. The van der Waals surface area contributed by atoms with Crippen molar-refractivity contribution in [3.63, 3.8) is 0 Å². The zero-order chi connectivity index (χ0) is 12.8. The van der Waals surface area contributed by atoms with E-state index in [9.17, 15) is 15.0 Å². The summed E-state index contributed by atoms with van der Waals surface area (Å²) in [5.74, 6) is -0.572. The van der Waals surface area contributed by atoms with Crippen LogP contribution in [0.2, 0.25) is 0 Å². The van der Waals surface area contributed by atoms with E-state index in [1.807, 2.05) is 6.92 Å². The number of aromatic hydroxyl groups is 2. The Labute approximate surface area is 101 Å². The van der Waals surface area contributed by atoms with Gasteiger partial charge in [-0.05, 0) is 30.5 Å². The molecule has 4 nitrogen and oxygen atoms in total. The number of esters is 1. The third kappa shape index (κ3) is 3.98. The van der Waals surface area contributed by atoms with Gasteiger partial charge in [-0.3, -0.25) is 0 Å². The number of benzene rings is 1. The van der Waals surface area contributed by atoms with Crippen molar-refractivity contribution in [1.82, 2.24) is 0 Å². The molecule has 1 rings (SSSR count). The molecular formula is C13H18O4. The molecule has 1 atom stereocenters. The number of rotatable bonds is 5. The molecule has 0 spiro atoms. The van der Waals surface area contributed by atoms with Gasteiger partial charge in [-0.2, -0.15) is 0 Å². The van der Waals surface area contributed by atoms with Crippen molar-refractivity contribution < 1.29 is 19.7 Å².